The average Bonchev–Trinajstić information content (AvgIpc) is 3.33. The standard InChI is InChI=1S/C21H16FN7O3/c1-11-8-15(27-32-11)10-28-21(31)29-19(26-28)17(13-4-7-16(30)24-9-13)18(25-20(29)23)12-2-5-14(22)6-3-12/h2-9H,10H2,1H3,(H2,23,25)(H,24,30). The highest BCUT2D eigenvalue weighted by Gasteiger charge is 2.22. The lowest BCUT2D eigenvalue weighted by atomic mass is 10.0. The largest absolute Gasteiger partial charge is 0.369 e. The van der Waals surface area contributed by atoms with Gasteiger partial charge in [-0.05, 0) is 37.3 Å². The molecule has 0 aliphatic rings. The van der Waals surface area contributed by atoms with Crippen molar-refractivity contribution < 1.29 is 8.91 Å². The first-order chi connectivity index (χ1) is 15.4. The van der Waals surface area contributed by atoms with Crippen molar-refractivity contribution in [3.8, 4) is 22.4 Å². The molecular weight excluding hydrogens is 417 g/mol. The molecule has 0 fully saturated rings. The maximum absolute atomic E-state index is 13.5. The first kappa shape index (κ1) is 19.4. The molecule has 0 radical (unpaired) electrons. The van der Waals surface area contributed by atoms with Crippen molar-refractivity contribution in [3.63, 3.8) is 0 Å². The van der Waals surface area contributed by atoms with E-state index in [9.17, 15) is 14.0 Å². The van der Waals surface area contributed by atoms with Crippen molar-refractivity contribution in [1.82, 2.24) is 29.3 Å². The van der Waals surface area contributed by atoms with E-state index in [1.54, 1.807) is 31.2 Å². The SMILES string of the molecule is Cc1cc(Cn2nc3c(-c4ccc(=O)[nH]c4)c(-c4ccc(F)cc4)nc(N)n3c2=O)no1. The summed E-state index contributed by atoms with van der Waals surface area (Å²) in [6, 6.07) is 10.3. The molecule has 11 heteroatoms. The van der Waals surface area contributed by atoms with E-state index in [1.165, 1.54) is 33.5 Å². The molecule has 10 nitrogen and oxygen atoms in total. The summed E-state index contributed by atoms with van der Waals surface area (Å²) in [6.45, 7) is 1.81. The predicted molar refractivity (Wildman–Crippen MR) is 113 cm³/mol. The minimum absolute atomic E-state index is 0.0637. The molecular formula is C21H16FN7O3. The summed E-state index contributed by atoms with van der Waals surface area (Å²) in [5.74, 6) is 0.113. The Morgan fingerprint density at radius 3 is 2.53 bits per heavy atom. The second-order valence-electron chi connectivity index (χ2n) is 7.17. The van der Waals surface area contributed by atoms with Gasteiger partial charge in [-0.3, -0.25) is 4.79 Å². The molecule has 4 aromatic heterocycles. The van der Waals surface area contributed by atoms with Gasteiger partial charge >= 0.3 is 5.69 Å². The third kappa shape index (κ3) is 3.25. The summed E-state index contributed by atoms with van der Waals surface area (Å²) in [5, 5.41) is 8.38. The number of aryl methyl sites for hydroxylation is 1. The lowest BCUT2D eigenvalue weighted by Crippen LogP contribution is -2.23. The molecule has 5 rings (SSSR count). The molecule has 0 bridgehead atoms. The molecule has 1 aromatic carbocycles. The summed E-state index contributed by atoms with van der Waals surface area (Å²) in [5.41, 5.74) is 8.04. The number of pyridine rings is 1. The lowest BCUT2D eigenvalue weighted by Gasteiger charge is -2.11. The van der Waals surface area contributed by atoms with Crippen molar-refractivity contribution in [2.45, 2.75) is 13.5 Å². The van der Waals surface area contributed by atoms with Gasteiger partial charge < -0.3 is 15.2 Å². The van der Waals surface area contributed by atoms with E-state index in [0.29, 0.717) is 33.8 Å². The van der Waals surface area contributed by atoms with Gasteiger partial charge in [-0.1, -0.05) is 5.16 Å². The summed E-state index contributed by atoms with van der Waals surface area (Å²) in [4.78, 5) is 31.7. The molecule has 0 saturated heterocycles. The minimum Gasteiger partial charge on any atom is -0.369 e. The van der Waals surface area contributed by atoms with Crippen LogP contribution in [0.4, 0.5) is 10.3 Å². The number of aromatic nitrogens is 6. The number of nitrogen functional groups attached to an aromatic ring is 1. The van der Waals surface area contributed by atoms with E-state index in [-0.39, 0.29) is 23.7 Å². The van der Waals surface area contributed by atoms with E-state index in [2.05, 4.69) is 20.2 Å². The monoisotopic (exact) mass is 433 g/mol. The van der Waals surface area contributed by atoms with Crippen LogP contribution in [0.3, 0.4) is 0 Å². The van der Waals surface area contributed by atoms with Crippen LogP contribution in [0.1, 0.15) is 11.5 Å². The van der Waals surface area contributed by atoms with Gasteiger partial charge in [0, 0.05) is 29.5 Å². The third-order valence-electron chi connectivity index (χ3n) is 4.93. The maximum Gasteiger partial charge on any atom is 0.353 e. The van der Waals surface area contributed by atoms with E-state index in [0.717, 1.165) is 0 Å². The number of halogens is 1. The van der Waals surface area contributed by atoms with Crippen LogP contribution in [-0.4, -0.2) is 29.3 Å². The zero-order chi connectivity index (χ0) is 22.4. The van der Waals surface area contributed by atoms with Crippen LogP contribution in [-0.2, 0) is 6.54 Å². The molecule has 3 N–H and O–H groups in total. The summed E-state index contributed by atoms with van der Waals surface area (Å²) in [6.07, 6.45) is 1.49. The van der Waals surface area contributed by atoms with Gasteiger partial charge in [0.05, 0.1) is 17.8 Å². The maximum atomic E-state index is 13.5. The van der Waals surface area contributed by atoms with Crippen LogP contribution >= 0.6 is 0 Å². The minimum atomic E-state index is -0.512. The normalized spacial score (nSPS) is 11.3. The van der Waals surface area contributed by atoms with Gasteiger partial charge in [0.1, 0.15) is 17.3 Å². The second-order valence-corrected chi connectivity index (χ2v) is 7.17. The topological polar surface area (TPSA) is 137 Å². The van der Waals surface area contributed by atoms with E-state index in [1.807, 2.05) is 0 Å². The Labute approximate surface area is 178 Å². The lowest BCUT2D eigenvalue weighted by molar-refractivity contribution is 0.387. The fraction of sp³-hybridized carbons (Fsp3) is 0.0952. The van der Waals surface area contributed by atoms with Crippen LogP contribution in [0.25, 0.3) is 28.0 Å². The molecule has 0 amide bonds. The number of hydrogen-bond donors (Lipinski definition) is 2. The van der Waals surface area contributed by atoms with Crippen LogP contribution in [0.5, 0.6) is 0 Å². The third-order valence-corrected chi connectivity index (χ3v) is 4.93. The summed E-state index contributed by atoms with van der Waals surface area (Å²) < 4.78 is 21.0. The molecule has 0 unspecified atom stereocenters. The highest BCUT2D eigenvalue weighted by atomic mass is 19.1. The van der Waals surface area contributed by atoms with Gasteiger partial charge in [-0.25, -0.2) is 23.3 Å². The molecule has 0 spiro atoms. The molecule has 0 aliphatic carbocycles. The number of fused-ring (bicyclic) bond motifs is 1. The fourth-order valence-electron chi connectivity index (χ4n) is 3.50. The predicted octanol–water partition coefficient (Wildman–Crippen LogP) is 1.98. The van der Waals surface area contributed by atoms with Gasteiger partial charge in [0.2, 0.25) is 11.5 Å². The molecule has 0 atom stereocenters. The smallest absolute Gasteiger partial charge is 0.353 e. The Hall–Kier alpha value is -4.54. The van der Waals surface area contributed by atoms with Gasteiger partial charge in [-0.2, -0.15) is 0 Å². The van der Waals surface area contributed by atoms with Crippen LogP contribution in [0.2, 0.25) is 0 Å². The quantitative estimate of drug-likeness (QED) is 0.442. The highest BCUT2D eigenvalue weighted by molar-refractivity contribution is 5.90. The fourth-order valence-corrected chi connectivity index (χ4v) is 3.50. The van der Waals surface area contributed by atoms with Crippen molar-refractivity contribution in [3.05, 3.63) is 86.8 Å². The average molecular weight is 433 g/mol. The number of H-pyrrole nitrogens is 1. The Bertz CT molecular complexity index is 1560. The number of aromatic amines is 1. The summed E-state index contributed by atoms with van der Waals surface area (Å²) >= 11 is 0. The first-order valence-electron chi connectivity index (χ1n) is 9.57. The van der Waals surface area contributed by atoms with E-state index >= 15 is 0 Å². The number of anilines is 1. The molecule has 0 saturated carbocycles. The van der Waals surface area contributed by atoms with Crippen molar-refractivity contribution in [2.24, 2.45) is 0 Å². The number of nitrogens with two attached hydrogens (primary N) is 1. The molecule has 160 valence electrons. The number of hydrogen-bond acceptors (Lipinski definition) is 7. The van der Waals surface area contributed by atoms with Crippen LogP contribution in [0.15, 0.2) is 62.8 Å². The summed E-state index contributed by atoms with van der Waals surface area (Å²) in [7, 11) is 0. The Kier molecular flexibility index (Phi) is 4.43. The van der Waals surface area contributed by atoms with Gasteiger partial charge in [0.15, 0.2) is 5.65 Å². The number of benzene rings is 1. The van der Waals surface area contributed by atoms with E-state index < -0.39 is 11.5 Å². The first-order valence-corrected chi connectivity index (χ1v) is 9.57. The zero-order valence-corrected chi connectivity index (χ0v) is 16.7. The van der Waals surface area contributed by atoms with E-state index in [4.69, 9.17) is 10.3 Å². The zero-order valence-electron chi connectivity index (χ0n) is 16.7. The Balaban J connectivity index is 1.81. The number of nitrogens with zero attached hydrogens (tertiary/aromatic N) is 5. The van der Waals surface area contributed by atoms with Crippen LogP contribution in [0, 0.1) is 12.7 Å². The Morgan fingerprint density at radius 1 is 1.12 bits per heavy atom. The van der Waals surface area contributed by atoms with Gasteiger partial charge in [0.25, 0.3) is 0 Å². The number of nitrogens with one attached hydrogen (secondary N) is 1. The van der Waals surface area contributed by atoms with Gasteiger partial charge in [-0.15, -0.1) is 5.10 Å². The Morgan fingerprint density at radius 2 is 1.88 bits per heavy atom. The van der Waals surface area contributed by atoms with Crippen molar-refractivity contribution >= 4 is 11.6 Å². The molecule has 4 heterocycles. The van der Waals surface area contributed by atoms with Crippen molar-refractivity contribution in [2.75, 3.05) is 5.73 Å². The second kappa shape index (κ2) is 7.30. The van der Waals surface area contributed by atoms with Crippen LogP contribution < -0.4 is 17.0 Å². The highest BCUT2D eigenvalue weighted by Crippen LogP contribution is 2.33. The molecule has 5 aromatic rings. The molecule has 0 aliphatic heterocycles. The number of rotatable bonds is 4. The van der Waals surface area contributed by atoms with Crippen molar-refractivity contribution in [1.29, 1.82) is 0 Å². The molecule has 32 heavy (non-hydrogen) atoms.